The van der Waals surface area contributed by atoms with Gasteiger partial charge in [0.05, 0.1) is 18.2 Å². The van der Waals surface area contributed by atoms with E-state index in [0.29, 0.717) is 44.0 Å². The lowest BCUT2D eigenvalue weighted by atomic mass is 10.2. The first-order valence-electron chi connectivity index (χ1n) is 6.86. The highest BCUT2D eigenvalue weighted by Crippen LogP contribution is 2.10. The van der Waals surface area contributed by atoms with Crippen LogP contribution in [0.25, 0.3) is 0 Å². The molecule has 0 saturated carbocycles. The summed E-state index contributed by atoms with van der Waals surface area (Å²) in [5.74, 6) is -0.0335. The van der Waals surface area contributed by atoms with Crippen molar-refractivity contribution in [2.75, 3.05) is 38.0 Å². The van der Waals surface area contributed by atoms with Gasteiger partial charge in [0.25, 0.3) is 0 Å². The Hall–Kier alpha value is -2.39. The molecular formula is C15H18N4O2. The van der Waals surface area contributed by atoms with Crippen LogP contribution in [-0.4, -0.2) is 54.3 Å². The molecule has 6 heteroatoms. The van der Waals surface area contributed by atoms with E-state index in [0.717, 1.165) is 0 Å². The van der Waals surface area contributed by atoms with E-state index in [4.69, 9.17) is 5.26 Å². The summed E-state index contributed by atoms with van der Waals surface area (Å²) < 4.78 is 0. The van der Waals surface area contributed by atoms with Gasteiger partial charge in [0.1, 0.15) is 0 Å². The van der Waals surface area contributed by atoms with Crippen LogP contribution in [0.1, 0.15) is 12.5 Å². The van der Waals surface area contributed by atoms with Crippen LogP contribution < -0.4 is 5.32 Å². The van der Waals surface area contributed by atoms with Gasteiger partial charge in [0, 0.05) is 38.8 Å². The van der Waals surface area contributed by atoms with Crippen molar-refractivity contribution in [3.05, 3.63) is 29.8 Å². The SMILES string of the molecule is CC(=O)N1CCN(CC(=O)Nc2cccc(C#N)c2)CC1. The Morgan fingerprint density at radius 3 is 2.62 bits per heavy atom. The predicted molar refractivity (Wildman–Crippen MR) is 78.5 cm³/mol. The molecule has 0 spiro atoms. The molecule has 0 bridgehead atoms. The second-order valence-electron chi connectivity index (χ2n) is 5.02. The van der Waals surface area contributed by atoms with Gasteiger partial charge >= 0.3 is 0 Å². The van der Waals surface area contributed by atoms with Crippen molar-refractivity contribution in [1.82, 2.24) is 9.80 Å². The second-order valence-corrected chi connectivity index (χ2v) is 5.02. The molecule has 0 aromatic heterocycles. The zero-order valence-corrected chi connectivity index (χ0v) is 12.0. The van der Waals surface area contributed by atoms with Crippen molar-refractivity contribution < 1.29 is 9.59 Å². The molecule has 1 fully saturated rings. The summed E-state index contributed by atoms with van der Waals surface area (Å²) >= 11 is 0. The number of amides is 2. The lowest BCUT2D eigenvalue weighted by molar-refractivity contribution is -0.130. The molecule has 1 aromatic carbocycles. The van der Waals surface area contributed by atoms with Gasteiger partial charge in [-0.25, -0.2) is 0 Å². The maximum absolute atomic E-state index is 12.0. The Kier molecular flexibility index (Phi) is 4.90. The highest BCUT2D eigenvalue weighted by atomic mass is 16.2. The number of piperazine rings is 1. The number of nitrogens with zero attached hydrogens (tertiary/aromatic N) is 3. The number of benzene rings is 1. The van der Waals surface area contributed by atoms with E-state index in [1.54, 1.807) is 36.1 Å². The highest BCUT2D eigenvalue weighted by Gasteiger charge is 2.20. The molecule has 1 aliphatic heterocycles. The van der Waals surface area contributed by atoms with Gasteiger partial charge in [0.2, 0.25) is 11.8 Å². The van der Waals surface area contributed by atoms with E-state index in [2.05, 4.69) is 5.32 Å². The normalized spacial score (nSPS) is 15.3. The molecule has 2 rings (SSSR count). The van der Waals surface area contributed by atoms with Gasteiger partial charge < -0.3 is 10.2 Å². The molecule has 110 valence electrons. The van der Waals surface area contributed by atoms with Crippen LogP contribution in [0.15, 0.2) is 24.3 Å². The molecule has 1 heterocycles. The number of anilines is 1. The summed E-state index contributed by atoms with van der Waals surface area (Å²) in [5.41, 5.74) is 1.14. The van der Waals surface area contributed by atoms with Gasteiger partial charge in [0.15, 0.2) is 0 Å². The van der Waals surface area contributed by atoms with Gasteiger partial charge in [-0.1, -0.05) is 6.07 Å². The summed E-state index contributed by atoms with van der Waals surface area (Å²) in [6.07, 6.45) is 0. The lowest BCUT2D eigenvalue weighted by Gasteiger charge is -2.33. The Labute approximate surface area is 123 Å². The van der Waals surface area contributed by atoms with E-state index in [1.165, 1.54) is 0 Å². The number of carbonyl (C=O) groups excluding carboxylic acids is 2. The third kappa shape index (κ3) is 4.29. The zero-order valence-electron chi connectivity index (χ0n) is 12.0. The summed E-state index contributed by atoms with van der Waals surface area (Å²) in [6, 6.07) is 8.87. The standard InChI is InChI=1S/C15H18N4O2/c1-12(20)19-7-5-18(6-8-19)11-15(21)17-14-4-2-3-13(9-14)10-16/h2-4,9H,5-8,11H2,1H3,(H,17,21). The molecule has 0 unspecified atom stereocenters. The molecule has 1 aliphatic rings. The minimum Gasteiger partial charge on any atom is -0.340 e. The predicted octanol–water partition coefficient (Wildman–Crippen LogP) is 0.661. The van der Waals surface area contributed by atoms with Crippen molar-refractivity contribution >= 4 is 17.5 Å². The Morgan fingerprint density at radius 1 is 1.29 bits per heavy atom. The van der Waals surface area contributed by atoms with Crippen molar-refractivity contribution in [3.63, 3.8) is 0 Å². The first kappa shape index (κ1) is 15.0. The highest BCUT2D eigenvalue weighted by molar-refractivity contribution is 5.92. The molecule has 0 aliphatic carbocycles. The molecule has 0 atom stereocenters. The maximum atomic E-state index is 12.0. The van der Waals surface area contributed by atoms with Crippen molar-refractivity contribution in [2.45, 2.75) is 6.92 Å². The number of nitrogens with one attached hydrogen (secondary N) is 1. The third-order valence-corrected chi connectivity index (χ3v) is 3.46. The zero-order chi connectivity index (χ0) is 15.2. The number of carbonyl (C=O) groups is 2. The molecule has 1 aromatic rings. The van der Waals surface area contributed by atoms with Crippen LogP contribution in [0.5, 0.6) is 0 Å². The molecule has 21 heavy (non-hydrogen) atoms. The van der Waals surface area contributed by atoms with Crippen LogP contribution in [-0.2, 0) is 9.59 Å². The van der Waals surface area contributed by atoms with Crippen molar-refractivity contribution in [3.8, 4) is 6.07 Å². The minimum atomic E-state index is -0.110. The Bertz CT molecular complexity index is 571. The summed E-state index contributed by atoms with van der Waals surface area (Å²) in [7, 11) is 0. The molecule has 6 nitrogen and oxygen atoms in total. The number of hydrogen-bond acceptors (Lipinski definition) is 4. The fraction of sp³-hybridized carbons (Fsp3) is 0.400. The molecule has 1 N–H and O–H groups in total. The monoisotopic (exact) mass is 286 g/mol. The number of nitriles is 1. The van der Waals surface area contributed by atoms with E-state index < -0.39 is 0 Å². The third-order valence-electron chi connectivity index (χ3n) is 3.46. The molecule has 1 saturated heterocycles. The maximum Gasteiger partial charge on any atom is 0.238 e. The average Bonchev–Trinajstić information content (AvgIpc) is 2.47. The quantitative estimate of drug-likeness (QED) is 0.885. The molecule has 0 radical (unpaired) electrons. The topological polar surface area (TPSA) is 76.4 Å². The van der Waals surface area contributed by atoms with Crippen molar-refractivity contribution in [2.24, 2.45) is 0 Å². The number of rotatable bonds is 3. The van der Waals surface area contributed by atoms with Gasteiger partial charge in [-0.3, -0.25) is 14.5 Å². The van der Waals surface area contributed by atoms with E-state index >= 15 is 0 Å². The Balaban J connectivity index is 1.83. The molecule has 2 amide bonds. The first-order valence-corrected chi connectivity index (χ1v) is 6.86. The summed E-state index contributed by atoms with van der Waals surface area (Å²) in [5, 5.41) is 11.6. The van der Waals surface area contributed by atoms with Crippen LogP contribution in [0.3, 0.4) is 0 Å². The summed E-state index contributed by atoms with van der Waals surface area (Å²) in [4.78, 5) is 27.0. The van der Waals surface area contributed by atoms with Gasteiger partial charge in [-0.15, -0.1) is 0 Å². The van der Waals surface area contributed by atoms with E-state index in [-0.39, 0.29) is 11.8 Å². The van der Waals surface area contributed by atoms with Gasteiger partial charge in [-0.2, -0.15) is 5.26 Å². The first-order chi connectivity index (χ1) is 10.1. The number of hydrogen-bond donors (Lipinski definition) is 1. The van der Waals surface area contributed by atoms with Crippen LogP contribution >= 0.6 is 0 Å². The van der Waals surface area contributed by atoms with E-state index in [9.17, 15) is 9.59 Å². The second kappa shape index (κ2) is 6.86. The van der Waals surface area contributed by atoms with Crippen LogP contribution in [0, 0.1) is 11.3 Å². The van der Waals surface area contributed by atoms with Gasteiger partial charge in [-0.05, 0) is 18.2 Å². The van der Waals surface area contributed by atoms with E-state index in [1.807, 2.05) is 11.0 Å². The van der Waals surface area contributed by atoms with Crippen LogP contribution in [0.2, 0.25) is 0 Å². The fourth-order valence-electron chi connectivity index (χ4n) is 2.29. The summed E-state index contributed by atoms with van der Waals surface area (Å²) in [6.45, 7) is 4.57. The van der Waals surface area contributed by atoms with Crippen molar-refractivity contribution in [1.29, 1.82) is 5.26 Å². The Morgan fingerprint density at radius 2 is 2.00 bits per heavy atom. The van der Waals surface area contributed by atoms with Crippen LogP contribution in [0.4, 0.5) is 5.69 Å². The molecular weight excluding hydrogens is 268 g/mol. The largest absolute Gasteiger partial charge is 0.340 e. The lowest BCUT2D eigenvalue weighted by Crippen LogP contribution is -2.49. The minimum absolute atomic E-state index is 0.0763. The fourth-order valence-corrected chi connectivity index (χ4v) is 2.29. The smallest absolute Gasteiger partial charge is 0.238 e. The average molecular weight is 286 g/mol.